The molecule has 0 aliphatic heterocycles. The first kappa shape index (κ1) is 13.7. The molecule has 1 heterocycles. The normalized spacial score (nSPS) is 12.0. The van der Waals surface area contributed by atoms with Gasteiger partial charge in [-0.3, -0.25) is 0 Å². The minimum Gasteiger partial charge on any atom is -0.382 e. The molecule has 0 aromatic carbocycles. The van der Waals surface area contributed by atoms with E-state index in [1.54, 1.807) is 7.11 Å². The molecular formula is C13H22O2S. The molecule has 1 aromatic heterocycles. The Hall–Kier alpha value is -0.380. The molecule has 1 aromatic rings. The van der Waals surface area contributed by atoms with E-state index in [9.17, 15) is 0 Å². The van der Waals surface area contributed by atoms with E-state index in [1.807, 2.05) is 11.3 Å². The third kappa shape index (κ3) is 3.89. The molecule has 0 N–H and O–H groups in total. The predicted octanol–water partition coefficient (Wildman–Crippen LogP) is 3.25. The Bertz CT molecular complexity index is 305. The summed E-state index contributed by atoms with van der Waals surface area (Å²) in [5.41, 5.74) is 0.103. The van der Waals surface area contributed by atoms with Crippen LogP contribution in [0.1, 0.15) is 30.5 Å². The number of ether oxygens (including phenoxy) is 2. The van der Waals surface area contributed by atoms with Crippen LogP contribution in [0, 0.1) is 0 Å². The van der Waals surface area contributed by atoms with E-state index in [0.29, 0.717) is 13.2 Å². The van der Waals surface area contributed by atoms with Crippen LogP contribution in [0.25, 0.3) is 0 Å². The molecule has 0 spiro atoms. The van der Waals surface area contributed by atoms with E-state index >= 15 is 0 Å². The lowest BCUT2D eigenvalue weighted by Gasteiger charge is -2.23. The van der Waals surface area contributed by atoms with Crippen LogP contribution in [0.2, 0.25) is 0 Å². The van der Waals surface area contributed by atoms with Gasteiger partial charge in [0.25, 0.3) is 0 Å². The molecule has 2 nitrogen and oxygen atoms in total. The van der Waals surface area contributed by atoms with Crippen molar-refractivity contribution >= 4 is 11.3 Å². The second kappa shape index (κ2) is 6.38. The monoisotopic (exact) mass is 242 g/mol. The largest absolute Gasteiger partial charge is 0.382 e. The average molecular weight is 242 g/mol. The van der Waals surface area contributed by atoms with Crippen LogP contribution < -0.4 is 0 Å². The lowest BCUT2D eigenvalue weighted by molar-refractivity contribution is 0.0491. The molecule has 0 bridgehead atoms. The lowest BCUT2D eigenvalue weighted by atomic mass is 9.93. The summed E-state index contributed by atoms with van der Waals surface area (Å²) in [4.78, 5) is 2.85. The predicted molar refractivity (Wildman–Crippen MR) is 69.4 cm³/mol. The maximum atomic E-state index is 5.62. The van der Waals surface area contributed by atoms with E-state index in [-0.39, 0.29) is 5.41 Å². The van der Waals surface area contributed by atoms with Gasteiger partial charge in [-0.25, -0.2) is 0 Å². The summed E-state index contributed by atoms with van der Waals surface area (Å²) in [7, 11) is 1.70. The van der Waals surface area contributed by atoms with Crippen LogP contribution >= 0.6 is 11.3 Å². The first-order valence-electron chi connectivity index (χ1n) is 5.76. The second-order valence-corrected chi connectivity index (χ2v) is 5.72. The van der Waals surface area contributed by atoms with E-state index in [1.165, 1.54) is 9.75 Å². The highest BCUT2D eigenvalue weighted by Gasteiger charge is 2.22. The van der Waals surface area contributed by atoms with Crippen molar-refractivity contribution < 1.29 is 9.47 Å². The van der Waals surface area contributed by atoms with Crippen LogP contribution in [0.15, 0.2) is 12.1 Å². The lowest BCUT2D eigenvalue weighted by Crippen LogP contribution is -2.24. The molecular weight excluding hydrogens is 220 g/mol. The summed E-state index contributed by atoms with van der Waals surface area (Å²) >= 11 is 1.89. The number of aryl methyl sites for hydroxylation is 1. The molecule has 0 fully saturated rings. The van der Waals surface area contributed by atoms with E-state index in [4.69, 9.17) is 9.47 Å². The summed E-state index contributed by atoms with van der Waals surface area (Å²) < 4.78 is 10.6. The Kier molecular flexibility index (Phi) is 5.46. The maximum absolute atomic E-state index is 5.62. The van der Waals surface area contributed by atoms with Gasteiger partial charge in [0.1, 0.15) is 0 Å². The Balaban J connectivity index is 2.48. The smallest absolute Gasteiger partial charge is 0.0700 e. The van der Waals surface area contributed by atoms with Gasteiger partial charge in [0, 0.05) is 22.3 Å². The topological polar surface area (TPSA) is 18.5 Å². The molecule has 3 heteroatoms. The van der Waals surface area contributed by atoms with Crippen molar-refractivity contribution in [3.05, 3.63) is 21.9 Å². The molecule has 0 saturated heterocycles. The van der Waals surface area contributed by atoms with Gasteiger partial charge >= 0.3 is 0 Å². The van der Waals surface area contributed by atoms with Crippen molar-refractivity contribution in [3.8, 4) is 0 Å². The van der Waals surface area contributed by atoms with Crippen LogP contribution in [0.3, 0.4) is 0 Å². The number of methoxy groups -OCH3 is 1. The summed E-state index contributed by atoms with van der Waals surface area (Å²) in [6.45, 7) is 8.74. The van der Waals surface area contributed by atoms with Gasteiger partial charge in [-0.2, -0.15) is 0 Å². The minimum absolute atomic E-state index is 0.103. The zero-order chi connectivity index (χ0) is 12.0. The zero-order valence-electron chi connectivity index (χ0n) is 10.7. The SMILES string of the molecule is CCc1ccc(C(C)(C)COCCOC)s1. The average Bonchev–Trinajstić information content (AvgIpc) is 2.73. The Labute approximate surface area is 103 Å². The Morgan fingerprint density at radius 2 is 2.00 bits per heavy atom. The molecule has 0 aliphatic rings. The van der Waals surface area contributed by atoms with Crippen molar-refractivity contribution in [3.63, 3.8) is 0 Å². The van der Waals surface area contributed by atoms with Gasteiger partial charge in [0.05, 0.1) is 19.8 Å². The highest BCUT2D eigenvalue weighted by atomic mass is 32.1. The third-order valence-electron chi connectivity index (χ3n) is 2.57. The fraction of sp³-hybridized carbons (Fsp3) is 0.692. The zero-order valence-corrected chi connectivity index (χ0v) is 11.5. The van der Waals surface area contributed by atoms with E-state index in [0.717, 1.165) is 13.0 Å². The fourth-order valence-electron chi connectivity index (χ4n) is 1.47. The van der Waals surface area contributed by atoms with E-state index in [2.05, 4.69) is 32.9 Å². The van der Waals surface area contributed by atoms with Gasteiger partial charge in [0.2, 0.25) is 0 Å². The van der Waals surface area contributed by atoms with Crippen LogP contribution in [0.5, 0.6) is 0 Å². The van der Waals surface area contributed by atoms with E-state index < -0.39 is 0 Å². The number of hydrogen-bond donors (Lipinski definition) is 0. The number of thiophene rings is 1. The van der Waals surface area contributed by atoms with Crippen molar-refractivity contribution in [1.82, 2.24) is 0 Å². The molecule has 0 atom stereocenters. The summed E-state index contributed by atoms with van der Waals surface area (Å²) in [5, 5.41) is 0. The molecule has 0 aliphatic carbocycles. The highest BCUT2D eigenvalue weighted by Crippen LogP contribution is 2.30. The third-order valence-corrected chi connectivity index (χ3v) is 4.17. The summed E-state index contributed by atoms with van der Waals surface area (Å²) in [6, 6.07) is 4.44. The first-order valence-corrected chi connectivity index (χ1v) is 6.57. The molecule has 0 radical (unpaired) electrons. The first-order chi connectivity index (χ1) is 7.60. The van der Waals surface area contributed by atoms with Crippen molar-refractivity contribution in [2.45, 2.75) is 32.6 Å². The van der Waals surface area contributed by atoms with Crippen molar-refractivity contribution in [2.24, 2.45) is 0 Å². The Morgan fingerprint density at radius 3 is 2.56 bits per heavy atom. The minimum atomic E-state index is 0.103. The second-order valence-electron chi connectivity index (χ2n) is 4.55. The fourth-order valence-corrected chi connectivity index (χ4v) is 2.51. The molecule has 92 valence electrons. The Morgan fingerprint density at radius 1 is 1.25 bits per heavy atom. The van der Waals surface area contributed by atoms with Gasteiger partial charge < -0.3 is 9.47 Å². The molecule has 1 rings (SSSR count). The standard InChI is InChI=1S/C13H22O2S/c1-5-11-6-7-12(16-11)13(2,3)10-15-9-8-14-4/h6-7H,5,8-10H2,1-4H3. The molecule has 0 saturated carbocycles. The van der Waals surface area contributed by atoms with Gasteiger partial charge in [-0.1, -0.05) is 20.8 Å². The quantitative estimate of drug-likeness (QED) is 0.683. The molecule has 16 heavy (non-hydrogen) atoms. The molecule has 0 amide bonds. The summed E-state index contributed by atoms with van der Waals surface area (Å²) in [6.07, 6.45) is 1.12. The van der Waals surface area contributed by atoms with Crippen LogP contribution in [-0.2, 0) is 21.3 Å². The van der Waals surface area contributed by atoms with Gasteiger partial charge in [-0.15, -0.1) is 11.3 Å². The maximum Gasteiger partial charge on any atom is 0.0700 e. The molecule has 0 unspecified atom stereocenters. The van der Waals surface area contributed by atoms with Crippen LogP contribution in [0.4, 0.5) is 0 Å². The van der Waals surface area contributed by atoms with Crippen molar-refractivity contribution in [2.75, 3.05) is 26.9 Å². The van der Waals surface area contributed by atoms with Gasteiger partial charge in [0.15, 0.2) is 0 Å². The van der Waals surface area contributed by atoms with Crippen molar-refractivity contribution in [1.29, 1.82) is 0 Å². The number of rotatable bonds is 7. The van der Waals surface area contributed by atoms with Crippen LogP contribution in [-0.4, -0.2) is 26.9 Å². The number of hydrogen-bond acceptors (Lipinski definition) is 3. The summed E-state index contributed by atoms with van der Waals surface area (Å²) in [5.74, 6) is 0. The van der Waals surface area contributed by atoms with Gasteiger partial charge in [-0.05, 0) is 18.6 Å². The highest BCUT2D eigenvalue weighted by molar-refractivity contribution is 7.12.